The van der Waals surface area contributed by atoms with Crippen LogP contribution in [0.1, 0.15) is 168 Å². The first-order chi connectivity index (χ1) is 26.1. The van der Waals surface area contributed by atoms with Crippen molar-refractivity contribution in [3.63, 3.8) is 0 Å². The van der Waals surface area contributed by atoms with E-state index in [1.807, 2.05) is 12.2 Å². The molecule has 0 saturated heterocycles. The predicted octanol–water partition coefficient (Wildman–Crippen LogP) is 10.6. The zero-order valence-electron chi connectivity index (χ0n) is 33.6. The Morgan fingerprint density at radius 2 is 1.00 bits per heavy atom. The molecule has 0 heterocycles. The fourth-order valence-corrected chi connectivity index (χ4v) is 6.07. The highest BCUT2D eigenvalue weighted by Crippen LogP contribution is 2.43. The van der Waals surface area contributed by atoms with Gasteiger partial charge < -0.3 is 25.2 Å². The van der Waals surface area contributed by atoms with E-state index in [9.17, 15) is 23.8 Å². The minimum Gasteiger partial charge on any atom is -0.480 e. The standard InChI is InChI=1S/C42H74NO10P/c1-3-5-7-9-11-13-15-17-18-19-20-22-23-25-27-29-31-33-40(44)50-35-38(36-51-54(48,49)52-37-39(43)42(46)47)53-41(45)34-32-30-28-26-24-21-16-14-12-10-8-6-4-2/h11,13,17-18,20,22,25,27,38-39H,3-10,12,14-16,19,21,23-24,26,28-37,43H2,1-2H3,(H,46,47)(H,48,49). The number of hydrogen-bond donors (Lipinski definition) is 3. The molecule has 12 heteroatoms. The zero-order valence-corrected chi connectivity index (χ0v) is 34.4. The van der Waals surface area contributed by atoms with Gasteiger partial charge in [0.1, 0.15) is 12.6 Å². The molecule has 0 spiro atoms. The molecular formula is C42H74NO10P. The Labute approximate surface area is 326 Å². The third-order valence-electron chi connectivity index (χ3n) is 8.58. The number of carboxylic acid groups (broad SMARTS) is 1. The summed E-state index contributed by atoms with van der Waals surface area (Å²) in [6, 6.07) is -1.53. The minimum absolute atomic E-state index is 0.146. The Morgan fingerprint density at radius 1 is 0.574 bits per heavy atom. The summed E-state index contributed by atoms with van der Waals surface area (Å²) < 4.78 is 32.6. The average molecular weight is 784 g/mol. The number of hydrogen-bond acceptors (Lipinski definition) is 9. The Bertz CT molecular complexity index is 1110. The highest BCUT2D eigenvalue weighted by atomic mass is 31.2. The van der Waals surface area contributed by atoms with Crippen molar-refractivity contribution in [1.29, 1.82) is 0 Å². The van der Waals surface area contributed by atoms with Crippen LogP contribution in [-0.2, 0) is 37.5 Å². The molecular weight excluding hydrogens is 709 g/mol. The van der Waals surface area contributed by atoms with Gasteiger partial charge in [-0.2, -0.15) is 0 Å². The van der Waals surface area contributed by atoms with Crippen LogP contribution < -0.4 is 5.73 Å². The number of allylic oxidation sites excluding steroid dienone is 8. The van der Waals surface area contributed by atoms with Crippen LogP contribution in [0.2, 0.25) is 0 Å². The van der Waals surface area contributed by atoms with E-state index in [1.165, 1.54) is 77.0 Å². The second-order valence-electron chi connectivity index (χ2n) is 13.8. The van der Waals surface area contributed by atoms with Gasteiger partial charge in [0.2, 0.25) is 0 Å². The van der Waals surface area contributed by atoms with Crippen molar-refractivity contribution in [2.75, 3.05) is 19.8 Å². The number of carbonyl (C=O) groups excluding carboxylic acids is 2. The monoisotopic (exact) mass is 784 g/mol. The van der Waals surface area contributed by atoms with Gasteiger partial charge in [-0.05, 0) is 51.4 Å². The summed E-state index contributed by atoms with van der Waals surface area (Å²) in [6.45, 7) is 2.71. The Kier molecular flexibility index (Phi) is 35.6. The van der Waals surface area contributed by atoms with Crippen molar-refractivity contribution in [3.05, 3.63) is 48.6 Å². The van der Waals surface area contributed by atoms with Gasteiger partial charge in [-0.1, -0.05) is 152 Å². The number of ether oxygens (including phenoxy) is 2. The number of unbranched alkanes of at least 4 members (excludes halogenated alkanes) is 16. The number of carboxylic acids is 1. The first kappa shape index (κ1) is 51.4. The fourth-order valence-electron chi connectivity index (χ4n) is 5.29. The molecule has 0 rings (SSSR count). The van der Waals surface area contributed by atoms with Crippen molar-refractivity contribution in [1.82, 2.24) is 0 Å². The van der Waals surface area contributed by atoms with Crippen LogP contribution in [0.4, 0.5) is 0 Å². The Hall–Kier alpha value is -2.56. The van der Waals surface area contributed by atoms with Crippen molar-refractivity contribution < 1.29 is 47.5 Å². The third kappa shape index (κ3) is 36.4. The lowest BCUT2D eigenvalue weighted by Crippen LogP contribution is -2.34. The van der Waals surface area contributed by atoms with E-state index in [2.05, 4.69) is 54.8 Å². The van der Waals surface area contributed by atoms with Crippen LogP contribution in [0.15, 0.2) is 48.6 Å². The number of carbonyl (C=O) groups is 3. The van der Waals surface area contributed by atoms with E-state index < -0.39 is 51.1 Å². The maximum absolute atomic E-state index is 12.6. The van der Waals surface area contributed by atoms with E-state index in [-0.39, 0.29) is 19.4 Å². The predicted molar refractivity (Wildman–Crippen MR) is 217 cm³/mol. The molecule has 0 bridgehead atoms. The topological polar surface area (TPSA) is 172 Å². The number of phosphoric acid groups is 1. The third-order valence-corrected chi connectivity index (χ3v) is 9.53. The molecule has 0 aliphatic carbocycles. The summed E-state index contributed by atoms with van der Waals surface area (Å²) in [6.07, 6.45) is 40.4. The second-order valence-corrected chi connectivity index (χ2v) is 15.2. The Balaban J connectivity index is 4.49. The molecule has 0 aromatic carbocycles. The van der Waals surface area contributed by atoms with Gasteiger partial charge in [0, 0.05) is 12.8 Å². The smallest absolute Gasteiger partial charge is 0.472 e. The number of phosphoric ester groups is 1. The maximum Gasteiger partial charge on any atom is 0.472 e. The van der Waals surface area contributed by atoms with E-state index in [0.717, 1.165) is 44.9 Å². The first-order valence-electron chi connectivity index (χ1n) is 20.7. The van der Waals surface area contributed by atoms with Crippen molar-refractivity contribution in [3.8, 4) is 0 Å². The number of nitrogens with two attached hydrogens (primary N) is 1. The second kappa shape index (κ2) is 37.4. The summed E-state index contributed by atoms with van der Waals surface area (Å²) in [5, 5.41) is 8.87. The van der Waals surface area contributed by atoms with Gasteiger partial charge >= 0.3 is 25.7 Å². The minimum atomic E-state index is -4.72. The maximum atomic E-state index is 12.6. The lowest BCUT2D eigenvalue weighted by Gasteiger charge is -2.20. The molecule has 3 unspecified atom stereocenters. The van der Waals surface area contributed by atoms with E-state index in [1.54, 1.807) is 0 Å². The van der Waals surface area contributed by atoms with Crippen LogP contribution in [0.5, 0.6) is 0 Å². The molecule has 4 N–H and O–H groups in total. The number of rotatable bonds is 38. The van der Waals surface area contributed by atoms with Gasteiger partial charge in [-0.15, -0.1) is 0 Å². The molecule has 3 atom stereocenters. The number of aliphatic carboxylic acids is 1. The summed E-state index contributed by atoms with van der Waals surface area (Å²) in [5.41, 5.74) is 5.32. The molecule has 0 aromatic rings. The van der Waals surface area contributed by atoms with Crippen molar-refractivity contribution in [2.45, 2.75) is 180 Å². The van der Waals surface area contributed by atoms with Gasteiger partial charge in [0.15, 0.2) is 6.10 Å². The SMILES string of the molecule is CCCCCC=CCC=CCC=CCC=CCCCC(=O)OCC(COP(=O)(O)OCC(N)C(=O)O)OC(=O)CCCCCCCCCCCCCCC. The van der Waals surface area contributed by atoms with Crippen LogP contribution in [0, 0.1) is 0 Å². The van der Waals surface area contributed by atoms with E-state index in [4.69, 9.17) is 24.8 Å². The average Bonchev–Trinajstić information content (AvgIpc) is 3.14. The largest absolute Gasteiger partial charge is 0.480 e. The summed E-state index contributed by atoms with van der Waals surface area (Å²) in [4.78, 5) is 45.8. The summed E-state index contributed by atoms with van der Waals surface area (Å²) in [7, 11) is -4.72. The van der Waals surface area contributed by atoms with Crippen LogP contribution in [-0.4, -0.2) is 59.9 Å². The molecule has 11 nitrogen and oxygen atoms in total. The fraction of sp³-hybridized carbons (Fsp3) is 0.738. The lowest BCUT2D eigenvalue weighted by atomic mass is 10.0. The van der Waals surface area contributed by atoms with Gasteiger partial charge in [0.25, 0.3) is 0 Å². The van der Waals surface area contributed by atoms with Crippen molar-refractivity contribution >= 4 is 25.7 Å². The molecule has 0 saturated carbocycles. The highest BCUT2D eigenvalue weighted by Gasteiger charge is 2.28. The zero-order chi connectivity index (χ0) is 40.0. The quantitative estimate of drug-likeness (QED) is 0.0235. The summed E-state index contributed by atoms with van der Waals surface area (Å²) in [5.74, 6) is -2.45. The highest BCUT2D eigenvalue weighted by molar-refractivity contribution is 7.47. The lowest BCUT2D eigenvalue weighted by molar-refractivity contribution is -0.161. The van der Waals surface area contributed by atoms with Gasteiger partial charge in [-0.3, -0.25) is 23.4 Å². The van der Waals surface area contributed by atoms with Gasteiger partial charge in [0.05, 0.1) is 13.2 Å². The van der Waals surface area contributed by atoms with E-state index in [0.29, 0.717) is 19.3 Å². The summed E-state index contributed by atoms with van der Waals surface area (Å²) >= 11 is 0. The molecule has 0 fully saturated rings. The van der Waals surface area contributed by atoms with Crippen LogP contribution >= 0.6 is 7.82 Å². The van der Waals surface area contributed by atoms with E-state index >= 15 is 0 Å². The Morgan fingerprint density at radius 3 is 1.52 bits per heavy atom. The molecule has 0 amide bonds. The molecule has 312 valence electrons. The van der Waals surface area contributed by atoms with Crippen LogP contribution in [0.3, 0.4) is 0 Å². The van der Waals surface area contributed by atoms with Crippen molar-refractivity contribution in [2.24, 2.45) is 5.73 Å². The number of esters is 2. The van der Waals surface area contributed by atoms with Gasteiger partial charge in [-0.25, -0.2) is 4.57 Å². The molecule has 0 aromatic heterocycles. The van der Waals surface area contributed by atoms with Crippen LogP contribution in [0.25, 0.3) is 0 Å². The molecule has 0 radical (unpaired) electrons. The normalized spacial score (nSPS) is 14.3. The molecule has 54 heavy (non-hydrogen) atoms. The molecule has 0 aliphatic heterocycles. The molecule has 0 aliphatic rings. The first-order valence-corrected chi connectivity index (χ1v) is 22.2.